The fraction of sp³-hybridized carbons (Fsp3) is 0.500. The van der Waals surface area contributed by atoms with Gasteiger partial charge in [0.2, 0.25) is 0 Å². The Labute approximate surface area is 132 Å². The van der Waals surface area contributed by atoms with Gasteiger partial charge in [-0.3, -0.25) is 9.69 Å². The Morgan fingerprint density at radius 3 is 2.75 bits per heavy atom. The Kier molecular flexibility index (Phi) is 5.84. The van der Waals surface area contributed by atoms with Crippen LogP contribution in [0.25, 0.3) is 0 Å². The number of β-amino-alcohol motifs (C(OH)–C–C–N with tert-alkyl or cyclic N) is 1. The highest BCUT2D eigenvalue weighted by Gasteiger charge is 2.20. The van der Waals surface area contributed by atoms with Crippen LogP contribution in [0.4, 0.5) is 0 Å². The maximum Gasteiger partial charge on any atom is 0.253 e. The molecule has 2 rings (SSSR count). The molecule has 0 saturated carbocycles. The quantitative estimate of drug-likeness (QED) is 0.898. The third-order valence-electron chi connectivity index (χ3n) is 3.40. The Morgan fingerprint density at radius 2 is 2.05 bits per heavy atom. The molecule has 1 aliphatic heterocycles. The first-order valence-corrected chi connectivity index (χ1v) is 7.86. The highest BCUT2D eigenvalue weighted by atomic mass is 79.9. The van der Waals surface area contributed by atoms with Crippen LogP contribution in [0.3, 0.4) is 0 Å². The standard InChI is InChI=1S/C14H18BrClN2O2/c15-12-8-11(9-13(16)10-12)14(20)18-3-1-2-17(4-5-18)6-7-19/h8-10,19H,1-7H2. The zero-order chi connectivity index (χ0) is 14.5. The number of nitrogens with zero attached hydrogens (tertiary/aromatic N) is 2. The predicted molar refractivity (Wildman–Crippen MR) is 83.2 cm³/mol. The minimum Gasteiger partial charge on any atom is -0.395 e. The van der Waals surface area contributed by atoms with Crippen molar-refractivity contribution >= 4 is 33.4 Å². The normalized spacial score (nSPS) is 17.1. The third kappa shape index (κ3) is 4.19. The van der Waals surface area contributed by atoms with E-state index in [4.69, 9.17) is 16.7 Å². The number of aliphatic hydroxyl groups excluding tert-OH is 1. The van der Waals surface area contributed by atoms with Crippen molar-refractivity contribution in [3.05, 3.63) is 33.3 Å². The second-order valence-corrected chi connectivity index (χ2v) is 6.22. The monoisotopic (exact) mass is 360 g/mol. The van der Waals surface area contributed by atoms with E-state index in [1.54, 1.807) is 18.2 Å². The average molecular weight is 362 g/mol. The van der Waals surface area contributed by atoms with Gasteiger partial charge in [-0.25, -0.2) is 0 Å². The predicted octanol–water partition coefficient (Wildman–Crippen LogP) is 2.24. The van der Waals surface area contributed by atoms with Crippen LogP contribution >= 0.6 is 27.5 Å². The molecule has 110 valence electrons. The summed E-state index contributed by atoms with van der Waals surface area (Å²) in [5, 5.41) is 9.54. The number of carbonyl (C=O) groups excluding carboxylic acids is 1. The zero-order valence-corrected chi connectivity index (χ0v) is 13.5. The van der Waals surface area contributed by atoms with E-state index in [1.165, 1.54) is 0 Å². The highest BCUT2D eigenvalue weighted by molar-refractivity contribution is 9.10. The van der Waals surface area contributed by atoms with Gasteiger partial charge in [0.1, 0.15) is 0 Å². The van der Waals surface area contributed by atoms with E-state index in [1.807, 2.05) is 4.90 Å². The fourth-order valence-electron chi connectivity index (χ4n) is 2.40. The first-order valence-electron chi connectivity index (χ1n) is 6.69. The minimum absolute atomic E-state index is 0.0130. The summed E-state index contributed by atoms with van der Waals surface area (Å²) in [5.41, 5.74) is 0.611. The number of amides is 1. The van der Waals surface area contributed by atoms with E-state index >= 15 is 0 Å². The van der Waals surface area contributed by atoms with Crippen molar-refractivity contribution in [2.45, 2.75) is 6.42 Å². The molecule has 1 heterocycles. The maximum absolute atomic E-state index is 12.5. The van der Waals surface area contributed by atoms with Crippen LogP contribution in [0.15, 0.2) is 22.7 Å². The van der Waals surface area contributed by atoms with Crippen LogP contribution < -0.4 is 0 Å². The molecule has 1 fully saturated rings. The van der Waals surface area contributed by atoms with Crippen molar-refractivity contribution in [1.82, 2.24) is 9.80 Å². The Hall–Kier alpha value is -0.620. The van der Waals surface area contributed by atoms with Gasteiger partial charge in [-0.05, 0) is 31.2 Å². The first kappa shape index (κ1) is 15.8. The van der Waals surface area contributed by atoms with Gasteiger partial charge in [0.25, 0.3) is 5.91 Å². The Bertz CT molecular complexity index is 464. The van der Waals surface area contributed by atoms with Crippen LogP contribution in [0, 0.1) is 0 Å². The lowest BCUT2D eigenvalue weighted by atomic mass is 10.2. The zero-order valence-electron chi connectivity index (χ0n) is 11.2. The van der Waals surface area contributed by atoms with Crippen LogP contribution in [-0.4, -0.2) is 60.1 Å². The summed E-state index contributed by atoms with van der Waals surface area (Å²) in [6, 6.07) is 5.26. The topological polar surface area (TPSA) is 43.8 Å². The van der Waals surface area contributed by atoms with E-state index < -0.39 is 0 Å². The molecule has 20 heavy (non-hydrogen) atoms. The summed E-state index contributed by atoms with van der Waals surface area (Å²) in [6.07, 6.45) is 0.924. The lowest BCUT2D eigenvalue weighted by Crippen LogP contribution is -2.35. The van der Waals surface area contributed by atoms with Crippen molar-refractivity contribution < 1.29 is 9.90 Å². The maximum atomic E-state index is 12.5. The first-order chi connectivity index (χ1) is 9.60. The number of hydrogen-bond acceptors (Lipinski definition) is 3. The number of benzene rings is 1. The van der Waals surface area contributed by atoms with Gasteiger partial charge >= 0.3 is 0 Å². The molecule has 1 N–H and O–H groups in total. The second kappa shape index (κ2) is 7.41. The molecule has 0 aliphatic carbocycles. The molecule has 1 aromatic rings. The molecule has 4 nitrogen and oxygen atoms in total. The molecule has 1 aromatic carbocycles. The summed E-state index contributed by atoms with van der Waals surface area (Å²) in [4.78, 5) is 16.5. The van der Waals surface area contributed by atoms with Crippen LogP contribution in [0.5, 0.6) is 0 Å². The number of aliphatic hydroxyl groups is 1. The molecular weight excluding hydrogens is 344 g/mol. The molecule has 0 aromatic heterocycles. The van der Waals surface area contributed by atoms with Crippen molar-refractivity contribution in [2.75, 3.05) is 39.3 Å². The number of carbonyl (C=O) groups is 1. The second-order valence-electron chi connectivity index (χ2n) is 4.87. The molecule has 0 unspecified atom stereocenters. The van der Waals surface area contributed by atoms with E-state index in [-0.39, 0.29) is 12.5 Å². The van der Waals surface area contributed by atoms with Gasteiger partial charge < -0.3 is 10.0 Å². The summed E-state index contributed by atoms with van der Waals surface area (Å²) in [6.45, 7) is 3.98. The number of rotatable bonds is 3. The fourth-order valence-corrected chi connectivity index (χ4v) is 3.26. The molecule has 1 aliphatic rings. The summed E-state index contributed by atoms with van der Waals surface area (Å²) in [7, 11) is 0. The average Bonchev–Trinajstić information content (AvgIpc) is 2.63. The molecule has 0 spiro atoms. The van der Waals surface area contributed by atoms with Crippen molar-refractivity contribution in [1.29, 1.82) is 0 Å². The summed E-state index contributed by atoms with van der Waals surface area (Å²) >= 11 is 9.35. The lowest BCUT2D eigenvalue weighted by Gasteiger charge is -2.21. The van der Waals surface area contributed by atoms with Crippen LogP contribution in [-0.2, 0) is 0 Å². The van der Waals surface area contributed by atoms with Crippen molar-refractivity contribution in [3.8, 4) is 0 Å². The summed E-state index contributed by atoms with van der Waals surface area (Å²) < 4.78 is 0.810. The molecular formula is C14H18BrClN2O2. The Balaban J connectivity index is 2.05. The highest BCUT2D eigenvalue weighted by Crippen LogP contribution is 2.21. The molecule has 1 saturated heterocycles. The van der Waals surface area contributed by atoms with E-state index in [2.05, 4.69) is 20.8 Å². The van der Waals surface area contributed by atoms with Gasteiger partial charge in [-0.15, -0.1) is 0 Å². The summed E-state index contributed by atoms with van der Waals surface area (Å²) in [5.74, 6) is 0.0130. The molecule has 0 atom stereocenters. The third-order valence-corrected chi connectivity index (χ3v) is 4.08. The van der Waals surface area contributed by atoms with Gasteiger partial charge in [0.15, 0.2) is 0 Å². The molecule has 6 heteroatoms. The van der Waals surface area contributed by atoms with Crippen LogP contribution in [0.1, 0.15) is 16.8 Å². The number of halogens is 2. The largest absolute Gasteiger partial charge is 0.395 e. The van der Waals surface area contributed by atoms with Crippen molar-refractivity contribution in [2.24, 2.45) is 0 Å². The van der Waals surface area contributed by atoms with Gasteiger partial charge in [-0.1, -0.05) is 27.5 Å². The van der Waals surface area contributed by atoms with Crippen LogP contribution in [0.2, 0.25) is 5.02 Å². The van der Waals surface area contributed by atoms with Gasteiger partial charge in [0, 0.05) is 41.2 Å². The number of hydrogen-bond donors (Lipinski definition) is 1. The van der Waals surface area contributed by atoms with E-state index in [0.29, 0.717) is 23.7 Å². The van der Waals surface area contributed by atoms with E-state index in [0.717, 1.165) is 30.5 Å². The Morgan fingerprint density at radius 1 is 1.25 bits per heavy atom. The van der Waals surface area contributed by atoms with Gasteiger partial charge in [0.05, 0.1) is 6.61 Å². The SMILES string of the molecule is O=C(c1cc(Cl)cc(Br)c1)N1CCCN(CCO)CC1. The van der Waals surface area contributed by atoms with Gasteiger partial charge in [-0.2, -0.15) is 0 Å². The van der Waals surface area contributed by atoms with Crippen molar-refractivity contribution in [3.63, 3.8) is 0 Å². The molecule has 1 amide bonds. The lowest BCUT2D eigenvalue weighted by molar-refractivity contribution is 0.0760. The molecule has 0 radical (unpaired) electrons. The smallest absolute Gasteiger partial charge is 0.253 e. The van der Waals surface area contributed by atoms with E-state index in [9.17, 15) is 4.79 Å². The molecule has 0 bridgehead atoms. The minimum atomic E-state index is 0.0130.